The topological polar surface area (TPSA) is 101 Å². The molecule has 0 aliphatic carbocycles. The van der Waals surface area contributed by atoms with Crippen molar-refractivity contribution in [3.63, 3.8) is 0 Å². The lowest BCUT2D eigenvalue weighted by atomic mass is 10.3. The smallest absolute Gasteiger partial charge is 0.333 e. The molecule has 0 bridgehead atoms. The minimum absolute atomic E-state index is 0.00651. The first-order valence-electron chi connectivity index (χ1n) is 5.31. The molecule has 1 saturated heterocycles. The van der Waals surface area contributed by atoms with E-state index < -0.39 is 23.9 Å². The molecule has 0 radical (unpaired) electrons. The van der Waals surface area contributed by atoms with Crippen LogP contribution in [0.1, 0.15) is 26.2 Å². The van der Waals surface area contributed by atoms with Gasteiger partial charge in [0.2, 0.25) is 0 Å². The van der Waals surface area contributed by atoms with Crippen LogP contribution >= 0.6 is 11.8 Å². The molecule has 1 aliphatic heterocycles. The Morgan fingerprint density at radius 1 is 1.50 bits per heavy atom. The third-order valence-corrected chi connectivity index (χ3v) is 3.00. The molecule has 7 nitrogen and oxygen atoms in total. The molecule has 1 aliphatic rings. The van der Waals surface area contributed by atoms with E-state index in [1.54, 1.807) is 0 Å². The van der Waals surface area contributed by atoms with Gasteiger partial charge in [0.15, 0.2) is 5.12 Å². The van der Waals surface area contributed by atoms with Crippen molar-refractivity contribution in [1.29, 1.82) is 0 Å². The maximum Gasteiger partial charge on any atom is 0.333 e. The van der Waals surface area contributed by atoms with Crippen LogP contribution in [0.2, 0.25) is 0 Å². The Labute approximate surface area is 107 Å². The van der Waals surface area contributed by atoms with Gasteiger partial charge in [-0.2, -0.15) is 0 Å². The SMILES string of the molecule is CC(=O)SCCCC(=O)ON1C(=O)CC(O)C1=O. The number of carbonyl (C=O) groups excluding carboxylic acids is 4. The van der Waals surface area contributed by atoms with Gasteiger partial charge in [-0.05, 0) is 6.42 Å². The Kier molecular flexibility index (Phi) is 5.29. The molecule has 8 heteroatoms. The summed E-state index contributed by atoms with van der Waals surface area (Å²) in [6.07, 6.45) is -1.40. The summed E-state index contributed by atoms with van der Waals surface area (Å²) in [6.45, 7) is 1.42. The Bertz CT molecular complexity index is 383. The van der Waals surface area contributed by atoms with Gasteiger partial charge in [0.05, 0.1) is 6.42 Å². The van der Waals surface area contributed by atoms with Gasteiger partial charge < -0.3 is 9.94 Å². The lowest BCUT2D eigenvalue weighted by molar-refractivity contribution is -0.198. The van der Waals surface area contributed by atoms with E-state index in [-0.39, 0.29) is 18.0 Å². The van der Waals surface area contributed by atoms with Gasteiger partial charge in [-0.15, -0.1) is 0 Å². The zero-order valence-electron chi connectivity index (χ0n) is 9.75. The summed E-state index contributed by atoms with van der Waals surface area (Å²) in [5.74, 6) is -1.94. The van der Waals surface area contributed by atoms with Crippen LogP contribution in [0.15, 0.2) is 0 Å². The van der Waals surface area contributed by atoms with Gasteiger partial charge in [-0.25, -0.2) is 4.79 Å². The van der Waals surface area contributed by atoms with E-state index in [1.807, 2.05) is 0 Å². The van der Waals surface area contributed by atoms with Crippen molar-refractivity contribution in [2.75, 3.05) is 5.75 Å². The highest BCUT2D eigenvalue weighted by molar-refractivity contribution is 8.13. The molecular weight excluding hydrogens is 262 g/mol. The van der Waals surface area contributed by atoms with Gasteiger partial charge in [-0.1, -0.05) is 16.8 Å². The first kappa shape index (κ1) is 14.7. The minimum atomic E-state index is -1.43. The molecule has 0 aromatic heterocycles. The Morgan fingerprint density at radius 2 is 2.17 bits per heavy atom. The number of aliphatic hydroxyl groups excluding tert-OH is 1. The third kappa shape index (κ3) is 4.11. The number of amides is 2. The molecule has 100 valence electrons. The summed E-state index contributed by atoms with van der Waals surface area (Å²) < 4.78 is 0. The van der Waals surface area contributed by atoms with E-state index in [2.05, 4.69) is 4.84 Å². The molecule has 1 heterocycles. The van der Waals surface area contributed by atoms with Crippen molar-refractivity contribution in [2.45, 2.75) is 32.3 Å². The van der Waals surface area contributed by atoms with E-state index in [0.29, 0.717) is 17.2 Å². The first-order valence-corrected chi connectivity index (χ1v) is 6.29. The maximum atomic E-state index is 11.3. The van der Waals surface area contributed by atoms with Crippen molar-refractivity contribution in [3.8, 4) is 0 Å². The quantitative estimate of drug-likeness (QED) is 0.539. The van der Waals surface area contributed by atoms with Crippen LogP contribution in [0.5, 0.6) is 0 Å². The molecule has 0 aromatic rings. The van der Waals surface area contributed by atoms with E-state index in [9.17, 15) is 19.2 Å². The molecule has 1 unspecified atom stereocenters. The Hall–Kier alpha value is -1.41. The molecule has 0 spiro atoms. The monoisotopic (exact) mass is 275 g/mol. The van der Waals surface area contributed by atoms with Gasteiger partial charge in [0.25, 0.3) is 11.8 Å². The molecule has 18 heavy (non-hydrogen) atoms. The second-order valence-corrected chi connectivity index (χ2v) is 4.93. The molecule has 0 aromatic carbocycles. The number of carbonyl (C=O) groups is 4. The maximum absolute atomic E-state index is 11.3. The van der Waals surface area contributed by atoms with Crippen molar-refractivity contribution in [3.05, 3.63) is 0 Å². The van der Waals surface area contributed by atoms with Crippen LogP contribution in [0, 0.1) is 0 Å². The normalized spacial score (nSPS) is 19.2. The summed E-state index contributed by atoms with van der Waals surface area (Å²) in [4.78, 5) is 48.8. The molecule has 0 saturated carbocycles. The third-order valence-electron chi connectivity index (χ3n) is 2.10. The second-order valence-electron chi connectivity index (χ2n) is 3.65. The number of thioether (sulfide) groups is 1. The fourth-order valence-electron chi connectivity index (χ4n) is 1.27. The molecular formula is C10H13NO6S. The standard InChI is InChI=1S/C10H13NO6S/c1-6(12)18-4-2-3-9(15)17-11-8(14)5-7(13)10(11)16/h7,13H,2-5H2,1H3. The minimum Gasteiger partial charge on any atom is -0.383 e. The zero-order valence-corrected chi connectivity index (χ0v) is 10.6. The molecule has 1 N–H and O–H groups in total. The average molecular weight is 275 g/mol. The van der Waals surface area contributed by atoms with Crippen LogP contribution < -0.4 is 0 Å². The summed E-state index contributed by atoms with van der Waals surface area (Å²) >= 11 is 1.08. The van der Waals surface area contributed by atoms with Crippen LogP contribution in [0.3, 0.4) is 0 Å². The van der Waals surface area contributed by atoms with Crippen LogP contribution in [0.4, 0.5) is 0 Å². The van der Waals surface area contributed by atoms with Gasteiger partial charge in [-0.3, -0.25) is 14.4 Å². The number of hydrogen-bond acceptors (Lipinski definition) is 7. The largest absolute Gasteiger partial charge is 0.383 e. The number of rotatable bonds is 5. The number of imide groups is 1. The predicted octanol–water partition coefficient (Wildman–Crippen LogP) is -0.376. The zero-order chi connectivity index (χ0) is 13.7. The number of hydroxylamine groups is 2. The lowest BCUT2D eigenvalue weighted by Gasteiger charge is -2.12. The van der Waals surface area contributed by atoms with Crippen LogP contribution in [-0.4, -0.2) is 44.9 Å². The van der Waals surface area contributed by atoms with E-state index in [4.69, 9.17) is 5.11 Å². The molecule has 1 fully saturated rings. The molecule has 1 rings (SSSR count). The Balaban J connectivity index is 2.30. The predicted molar refractivity (Wildman–Crippen MR) is 60.9 cm³/mol. The van der Waals surface area contributed by atoms with E-state index in [1.165, 1.54) is 6.92 Å². The fraction of sp³-hybridized carbons (Fsp3) is 0.600. The summed E-state index contributed by atoms with van der Waals surface area (Å²) in [5.41, 5.74) is 0. The van der Waals surface area contributed by atoms with Crippen LogP contribution in [0.25, 0.3) is 0 Å². The summed E-state index contributed by atoms with van der Waals surface area (Å²) in [5, 5.41) is 9.33. The van der Waals surface area contributed by atoms with Crippen molar-refractivity contribution < 1.29 is 29.1 Å². The Morgan fingerprint density at radius 3 is 2.67 bits per heavy atom. The fourth-order valence-corrected chi connectivity index (χ4v) is 1.85. The second kappa shape index (κ2) is 6.50. The van der Waals surface area contributed by atoms with Gasteiger partial charge in [0.1, 0.15) is 6.10 Å². The number of hydrogen-bond donors (Lipinski definition) is 1. The first-order chi connectivity index (χ1) is 8.41. The number of aliphatic hydroxyl groups is 1. The van der Waals surface area contributed by atoms with Crippen molar-refractivity contribution >= 4 is 34.7 Å². The van der Waals surface area contributed by atoms with Gasteiger partial charge >= 0.3 is 5.97 Å². The van der Waals surface area contributed by atoms with E-state index >= 15 is 0 Å². The molecule has 2 amide bonds. The highest BCUT2D eigenvalue weighted by atomic mass is 32.2. The highest BCUT2D eigenvalue weighted by Crippen LogP contribution is 2.14. The summed E-state index contributed by atoms with van der Waals surface area (Å²) in [6, 6.07) is 0. The summed E-state index contributed by atoms with van der Waals surface area (Å²) in [7, 11) is 0. The number of nitrogens with zero attached hydrogens (tertiary/aromatic N) is 1. The highest BCUT2D eigenvalue weighted by Gasteiger charge is 2.40. The van der Waals surface area contributed by atoms with E-state index in [0.717, 1.165) is 11.8 Å². The van der Waals surface area contributed by atoms with Gasteiger partial charge in [0, 0.05) is 19.1 Å². The average Bonchev–Trinajstić information content (AvgIpc) is 2.51. The lowest BCUT2D eigenvalue weighted by Crippen LogP contribution is -2.34. The van der Waals surface area contributed by atoms with Crippen LogP contribution in [-0.2, 0) is 24.0 Å². The van der Waals surface area contributed by atoms with Crippen molar-refractivity contribution in [1.82, 2.24) is 5.06 Å². The van der Waals surface area contributed by atoms with Crippen molar-refractivity contribution in [2.24, 2.45) is 0 Å². The molecule has 1 atom stereocenters.